The van der Waals surface area contributed by atoms with Crippen molar-refractivity contribution in [2.75, 3.05) is 13.7 Å². The van der Waals surface area contributed by atoms with Gasteiger partial charge in [0.25, 0.3) is 0 Å². The number of carbonyl (C=O) groups excluding carboxylic acids is 1. The molecule has 0 bridgehead atoms. The third-order valence-corrected chi connectivity index (χ3v) is 3.37. The van der Waals surface area contributed by atoms with E-state index in [4.69, 9.17) is 4.74 Å². The van der Waals surface area contributed by atoms with Crippen molar-refractivity contribution in [2.45, 2.75) is 45.3 Å². The molecule has 4 heteroatoms. The Morgan fingerprint density at radius 1 is 1.20 bits per heavy atom. The summed E-state index contributed by atoms with van der Waals surface area (Å²) in [6, 6.07) is 9.69. The molecule has 0 aliphatic rings. The number of aliphatic hydroxyl groups is 1. The Morgan fingerprint density at radius 2 is 1.75 bits per heavy atom. The van der Waals surface area contributed by atoms with Gasteiger partial charge in [-0.05, 0) is 33.3 Å². The number of aliphatic hydroxyl groups excluding tert-OH is 1. The monoisotopic (exact) mass is 279 g/mol. The highest BCUT2D eigenvalue weighted by Gasteiger charge is 2.32. The van der Waals surface area contributed by atoms with Crippen LogP contribution in [0.25, 0.3) is 0 Å². The Bertz CT molecular complexity index is 439. The summed E-state index contributed by atoms with van der Waals surface area (Å²) >= 11 is 0. The summed E-state index contributed by atoms with van der Waals surface area (Å²) in [6.07, 6.45) is 0.0543. The molecule has 1 atom stereocenters. The number of benzene rings is 1. The third-order valence-electron chi connectivity index (χ3n) is 3.37. The summed E-state index contributed by atoms with van der Waals surface area (Å²) in [7, 11) is 1.70. The molecule has 0 saturated carbocycles. The highest BCUT2D eigenvalue weighted by Crippen LogP contribution is 2.21. The fraction of sp³-hybridized carbons (Fsp3) is 0.562. The Balaban J connectivity index is 2.77. The summed E-state index contributed by atoms with van der Waals surface area (Å²) in [5, 5.41) is 9.58. The van der Waals surface area contributed by atoms with Crippen LogP contribution in [0.5, 0.6) is 0 Å². The first-order chi connectivity index (χ1) is 9.18. The molecule has 112 valence electrons. The van der Waals surface area contributed by atoms with Gasteiger partial charge in [0.15, 0.2) is 0 Å². The first kappa shape index (κ1) is 16.5. The molecule has 0 aliphatic heterocycles. The van der Waals surface area contributed by atoms with Crippen molar-refractivity contribution in [3.63, 3.8) is 0 Å². The zero-order valence-corrected chi connectivity index (χ0v) is 13.0. The van der Waals surface area contributed by atoms with E-state index >= 15 is 0 Å². The van der Waals surface area contributed by atoms with Crippen molar-refractivity contribution in [1.29, 1.82) is 0 Å². The maximum absolute atomic E-state index is 12.1. The number of carbonyl (C=O) groups is 1. The summed E-state index contributed by atoms with van der Waals surface area (Å²) in [5.41, 5.74) is -0.215. The van der Waals surface area contributed by atoms with E-state index in [-0.39, 0.29) is 12.1 Å². The maximum atomic E-state index is 12.1. The summed E-state index contributed by atoms with van der Waals surface area (Å²) in [6.45, 7) is 7.32. The molecule has 1 unspecified atom stereocenters. The average Bonchev–Trinajstić information content (AvgIpc) is 2.37. The number of ether oxygens (including phenoxy) is 1. The van der Waals surface area contributed by atoms with Crippen LogP contribution in [0.3, 0.4) is 0 Å². The second-order valence-electron chi connectivity index (χ2n) is 6.37. The standard InChI is InChI=1S/C16H25NO3/c1-15(2,3)17(5)14(19)20-16(4,12-18)11-13-9-7-6-8-10-13/h6-10,18H,11-12H2,1-5H3. The molecule has 0 spiro atoms. The number of rotatable bonds is 4. The van der Waals surface area contributed by atoms with Crippen LogP contribution in [0.1, 0.15) is 33.3 Å². The summed E-state index contributed by atoms with van der Waals surface area (Å²) in [5.74, 6) is 0. The Labute approximate surface area is 121 Å². The Kier molecular flexibility index (Phi) is 5.17. The minimum Gasteiger partial charge on any atom is -0.440 e. The van der Waals surface area contributed by atoms with Crippen LogP contribution in [0.2, 0.25) is 0 Å². The molecule has 0 aromatic heterocycles. The highest BCUT2D eigenvalue weighted by molar-refractivity contribution is 5.68. The van der Waals surface area contributed by atoms with Gasteiger partial charge in [-0.15, -0.1) is 0 Å². The smallest absolute Gasteiger partial charge is 0.410 e. The molecule has 1 rings (SSSR count). The fourth-order valence-corrected chi connectivity index (χ4v) is 1.71. The molecular formula is C16H25NO3. The molecule has 0 aliphatic carbocycles. The topological polar surface area (TPSA) is 49.8 Å². The molecular weight excluding hydrogens is 254 g/mol. The van der Waals surface area contributed by atoms with E-state index in [1.54, 1.807) is 14.0 Å². The summed E-state index contributed by atoms with van der Waals surface area (Å²) < 4.78 is 5.52. The van der Waals surface area contributed by atoms with E-state index < -0.39 is 11.7 Å². The molecule has 0 fully saturated rings. The van der Waals surface area contributed by atoms with Crippen molar-refractivity contribution >= 4 is 6.09 Å². The van der Waals surface area contributed by atoms with Crippen LogP contribution < -0.4 is 0 Å². The molecule has 1 aromatic rings. The number of hydrogen-bond donors (Lipinski definition) is 1. The zero-order chi connectivity index (χ0) is 15.4. The fourth-order valence-electron chi connectivity index (χ4n) is 1.71. The van der Waals surface area contributed by atoms with Gasteiger partial charge in [-0.2, -0.15) is 0 Å². The lowest BCUT2D eigenvalue weighted by Gasteiger charge is -2.35. The van der Waals surface area contributed by atoms with Crippen LogP contribution in [0.15, 0.2) is 30.3 Å². The van der Waals surface area contributed by atoms with Crippen LogP contribution in [-0.2, 0) is 11.2 Å². The van der Waals surface area contributed by atoms with Gasteiger partial charge in [0.05, 0.1) is 6.61 Å². The van der Waals surface area contributed by atoms with Gasteiger partial charge in [-0.1, -0.05) is 30.3 Å². The summed E-state index contributed by atoms with van der Waals surface area (Å²) in [4.78, 5) is 13.7. The predicted octanol–water partition coefficient (Wildman–Crippen LogP) is 2.85. The van der Waals surface area contributed by atoms with Crippen molar-refractivity contribution in [3.05, 3.63) is 35.9 Å². The molecule has 1 amide bonds. The number of amides is 1. The van der Waals surface area contributed by atoms with Gasteiger partial charge >= 0.3 is 6.09 Å². The minimum atomic E-state index is -0.919. The van der Waals surface area contributed by atoms with Crippen molar-refractivity contribution in [3.8, 4) is 0 Å². The van der Waals surface area contributed by atoms with Gasteiger partial charge < -0.3 is 14.7 Å². The molecule has 0 radical (unpaired) electrons. The molecule has 1 aromatic carbocycles. The highest BCUT2D eigenvalue weighted by atomic mass is 16.6. The van der Waals surface area contributed by atoms with Gasteiger partial charge in [0.1, 0.15) is 5.60 Å². The molecule has 0 heterocycles. The van der Waals surface area contributed by atoms with Crippen LogP contribution >= 0.6 is 0 Å². The SMILES string of the molecule is CN(C(=O)OC(C)(CO)Cc1ccccc1)C(C)(C)C. The van der Waals surface area contributed by atoms with Gasteiger partial charge in [-0.3, -0.25) is 0 Å². The van der Waals surface area contributed by atoms with Crippen LogP contribution in [-0.4, -0.2) is 40.9 Å². The Morgan fingerprint density at radius 3 is 2.20 bits per heavy atom. The second-order valence-corrected chi connectivity index (χ2v) is 6.37. The minimum absolute atomic E-state index is 0.217. The lowest BCUT2D eigenvalue weighted by atomic mass is 9.97. The first-order valence-electron chi connectivity index (χ1n) is 6.79. The van der Waals surface area contributed by atoms with Crippen LogP contribution in [0.4, 0.5) is 4.79 Å². The van der Waals surface area contributed by atoms with Crippen LogP contribution in [0, 0.1) is 0 Å². The average molecular weight is 279 g/mol. The van der Waals surface area contributed by atoms with E-state index in [9.17, 15) is 9.90 Å². The molecule has 4 nitrogen and oxygen atoms in total. The first-order valence-corrected chi connectivity index (χ1v) is 6.79. The molecule has 0 saturated heterocycles. The lowest BCUT2D eigenvalue weighted by molar-refractivity contribution is -0.0381. The lowest BCUT2D eigenvalue weighted by Crippen LogP contribution is -2.48. The second kappa shape index (κ2) is 6.27. The molecule has 1 N–H and O–H groups in total. The van der Waals surface area contributed by atoms with E-state index in [1.165, 1.54) is 4.90 Å². The van der Waals surface area contributed by atoms with Gasteiger partial charge in [0, 0.05) is 19.0 Å². The maximum Gasteiger partial charge on any atom is 0.410 e. The van der Waals surface area contributed by atoms with Crippen molar-refractivity contribution < 1.29 is 14.6 Å². The molecule has 20 heavy (non-hydrogen) atoms. The van der Waals surface area contributed by atoms with Crippen molar-refractivity contribution in [2.24, 2.45) is 0 Å². The van der Waals surface area contributed by atoms with E-state index in [2.05, 4.69) is 0 Å². The Hall–Kier alpha value is -1.55. The van der Waals surface area contributed by atoms with Crippen molar-refractivity contribution in [1.82, 2.24) is 4.90 Å². The normalized spacial score (nSPS) is 14.5. The van der Waals surface area contributed by atoms with Gasteiger partial charge in [-0.25, -0.2) is 4.79 Å². The number of nitrogens with zero attached hydrogens (tertiary/aromatic N) is 1. The largest absolute Gasteiger partial charge is 0.440 e. The van der Waals surface area contributed by atoms with E-state index in [0.717, 1.165) is 5.56 Å². The third kappa shape index (κ3) is 4.53. The van der Waals surface area contributed by atoms with E-state index in [0.29, 0.717) is 6.42 Å². The number of hydrogen-bond acceptors (Lipinski definition) is 3. The predicted molar refractivity (Wildman–Crippen MR) is 79.6 cm³/mol. The zero-order valence-electron chi connectivity index (χ0n) is 13.0. The quantitative estimate of drug-likeness (QED) is 0.922. The van der Waals surface area contributed by atoms with Gasteiger partial charge in [0.2, 0.25) is 0 Å². The van der Waals surface area contributed by atoms with E-state index in [1.807, 2.05) is 51.1 Å².